The molecule has 0 aliphatic carbocycles. The first-order valence-corrected chi connectivity index (χ1v) is 6.02. The second-order valence-corrected chi connectivity index (χ2v) is 6.10. The van der Waals surface area contributed by atoms with Gasteiger partial charge in [0.25, 0.3) is 0 Å². The zero-order valence-corrected chi connectivity index (χ0v) is 12.2. The average Bonchev–Trinajstić information content (AvgIpc) is 2.22. The third-order valence-corrected chi connectivity index (χ3v) is 4.35. The van der Waals surface area contributed by atoms with E-state index in [4.69, 9.17) is 9.47 Å². The van der Waals surface area contributed by atoms with Crippen LogP contribution in [0.5, 0.6) is 0 Å². The van der Waals surface area contributed by atoms with Crippen LogP contribution in [0.2, 0.25) is 0 Å². The highest BCUT2D eigenvalue weighted by molar-refractivity contribution is 5.84. The van der Waals surface area contributed by atoms with Crippen LogP contribution in [-0.2, 0) is 19.1 Å². The van der Waals surface area contributed by atoms with Crippen LogP contribution in [0.3, 0.4) is 0 Å². The van der Waals surface area contributed by atoms with E-state index in [9.17, 15) is 9.59 Å². The lowest BCUT2D eigenvalue weighted by Crippen LogP contribution is -2.66. The summed E-state index contributed by atoms with van der Waals surface area (Å²) in [6, 6.07) is -0.302. The summed E-state index contributed by atoms with van der Waals surface area (Å²) in [5.41, 5.74) is -1.25. The number of hydrogen-bond acceptors (Lipinski definition) is 5. The minimum absolute atomic E-state index is 0.237. The van der Waals surface area contributed by atoms with E-state index < -0.39 is 10.8 Å². The van der Waals surface area contributed by atoms with Gasteiger partial charge in [-0.1, -0.05) is 13.8 Å². The minimum Gasteiger partial charge on any atom is -0.469 e. The van der Waals surface area contributed by atoms with Crippen molar-refractivity contribution in [1.82, 2.24) is 4.90 Å². The lowest BCUT2D eigenvalue weighted by molar-refractivity contribution is -0.215. The van der Waals surface area contributed by atoms with E-state index in [1.165, 1.54) is 7.11 Å². The van der Waals surface area contributed by atoms with Crippen LogP contribution in [-0.4, -0.2) is 50.2 Å². The second-order valence-electron chi connectivity index (χ2n) is 6.10. The molecule has 1 heterocycles. The summed E-state index contributed by atoms with van der Waals surface area (Å²) in [5.74, 6) is -0.535. The van der Waals surface area contributed by atoms with Gasteiger partial charge in [-0.3, -0.25) is 14.5 Å². The average molecular weight is 257 g/mol. The molecule has 18 heavy (non-hydrogen) atoms. The largest absolute Gasteiger partial charge is 0.469 e. The van der Waals surface area contributed by atoms with Crippen molar-refractivity contribution < 1.29 is 19.1 Å². The van der Waals surface area contributed by atoms with Crippen LogP contribution in [0.1, 0.15) is 27.7 Å². The van der Waals surface area contributed by atoms with Crippen molar-refractivity contribution in [3.8, 4) is 0 Å². The van der Waals surface area contributed by atoms with Crippen LogP contribution in [0.25, 0.3) is 0 Å². The molecule has 0 spiro atoms. The summed E-state index contributed by atoms with van der Waals surface area (Å²) in [5, 5.41) is 0. The molecule has 1 aliphatic rings. The number of carbonyl (C=O) groups is 2. The molecule has 5 nitrogen and oxygen atoms in total. The van der Waals surface area contributed by atoms with Crippen molar-refractivity contribution in [2.45, 2.75) is 39.8 Å². The number of cyclic esters (lactones) is 1. The molecule has 2 atom stereocenters. The van der Waals surface area contributed by atoms with Gasteiger partial charge in [0.2, 0.25) is 0 Å². The monoisotopic (exact) mass is 257 g/mol. The maximum absolute atomic E-state index is 11.9. The van der Waals surface area contributed by atoms with Gasteiger partial charge in [-0.15, -0.1) is 0 Å². The lowest BCUT2D eigenvalue weighted by Gasteiger charge is -2.52. The number of ether oxygens (including phenoxy) is 2. The van der Waals surface area contributed by atoms with Gasteiger partial charge in [-0.05, 0) is 27.9 Å². The Labute approximate surface area is 108 Å². The Balaban J connectivity index is 3.00. The summed E-state index contributed by atoms with van der Waals surface area (Å²) in [4.78, 5) is 25.2. The summed E-state index contributed by atoms with van der Waals surface area (Å²) in [6.07, 6.45) is -0.311. The zero-order chi connectivity index (χ0) is 14.3. The highest BCUT2D eigenvalue weighted by Crippen LogP contribution is 2.48. The fraction of sp³-hybridized carbons (Fsp3) is 0.846. The molecule has 1 saturated heterocycles. The SMILES string of the molecule is COC(=O)C(C)(C)C(C)(C)[C@@H]1OC(=O)[C@H]1N(C)C. The topological polar surface area (TPSA) is 55.8 Å². The highest BCUT2D eigenvalue weighted by Gasteiger charge is 2.59. The summed E-state index contributed by atoms with van der Waals surface area (Å²) in [7, 11) is 5.04. The maximum Gasteiger partial charge on any atom is 0.327 e. The van der Waals surface area contributed by atoms with E-state index in [0.29, 0.717) is 0 Å². The number of likely N-dealkylation sites (N-methyl/N-ethyl adjacent to an activating group) is 1. The third kappa shape index (κ3) is 2.00. The normalized spacial score (nSPS) is 24.6. The van der Waals surface area contributed by atoms with E-state index in [-0.39, 0.29) is 24.1 Å². The first-order chi connectivity index (χ1) is 8.07. The molecule has 0 saturated carbocycles. The van der Waals surface area contributed by atoms with Gasteiger partial charge in [-0.25, -0.2) is 0 Å². The Bertz CT molecular complexity index is 360. The summed E-state index contributed by atoms with van der Waals surface area (Å²) in [6.45, 7) is 7.49. The Kier molecular flexibility index (Phi) is 3.77. The van der Waals surface area contributed by atoms with E-state index in [0.717, 1.165) is 0 Å². The summed E-state index contributed by atoms with van der Waals surface area (Å²) >= 11 is 0. The lowest BCUT2D eigenvalue weighted by atomic mass is 9.62. The minimum atomic E-state index is -0.735. The van der Waals surface area contributed by atoms with Crippen molar-refractivity contribution in [3.05, 3.63) is 0 Å². The van der Waals surface area contributed by atoms with Gasteiger partial charge in [0.05, 0.1) is 12.5 Å². The van der Waals surface area contributed by atoms with Gasteiger partial charge < -0.3 is 9.47 Å². The quantitative estimate of drug-likeness (QED) is 0.705. The van der Waals surface area contributed by atoms with Crippen LogP contribution in [0.4, 0.5) is 0 Å². The molecule has 0 bridgehead atoms. The molecule has 0 radical (unpaired) electrons. The van der Waals surface area contributed by atoms with Gasteiger partial charge in [-0.2, -0.15) is 0 Å². The van der Waals surface area contributed by atoms with E-state index in [1.54, 1.807) is 0 Å². The van der Waals surface area contributed by atoms with E-state index >= 15 is 0 Å². The van der Waals surface area contributed by atoms with Crippen molar-refractivity contribution in [1.29, 1.82) is 0 Å². The molecule has 0 amide bonds. The van der Waals surface area contributed by atoms with Crippen LogP contribution >= 0.6 is 0 Å². The van der Waals surface area contributed by atoms with Crippen LogP contribution < -0.4 is 0 Å². The first-order valence-electron chi connectivity index (χ1n) is 6.02. The Morgan fingerprint density at radius 3 is 2.11 bits per heavy atom. The van der Waals surface area contributed by atoms with Crippen molar-refractivity contribution in [2.24, 2.45) is 10.8 Å². The molecule has 0 aromatic heterocycles. The smallest absolute Gasteiger partial charge is 0.327 e. The number of methoxy groups -OCH3 is 1. The molecule has 0 N–H and O–H groups in total. The predicted octanol–water partition coefficient (Wildman–Crippen LogP) is 1.07. The number of esters is 2. The fourth-order valence-corrected chi connectivity index (χ4v) is 2.21. The van der Waals surface area contributed by atoms with E-state index in [1.807, 2.05) is 46.7 Å². The van der Waals surface area contributed by atoms with Crippen molar-refractivity contribution in [2.75, 3.05) is 21.2 Å². The fourth-order valence-electron chi connectivity index (χ4n) is 2.21. The number of nitrogens with zero attached hydrogens (tertiary/aromatic N) is 1. The number of hydrogen-bond donors (Lipinski definition) is 0. The van der Waals surface area contributed by atoms with Gasteiger partial charge in [0.1, 0.15) is 12.1 Å². The standard InChI is InChI=1S/C13H23NO4/c1-12(2,13(3,4)11(16)17-7)9-8(14(5)6)10(15)18-9/h8-9H,1-7H3/t8-,9+/m0/s1. The Morgan fingerprint density at radius 1 is 1.28 bits per heavy atom. The van der Waals surface area contributed by atoms with Gasteiger partial charge >= 0.3 is 11.9 Å². The Hall–Kier alpha value is -1.10. The molecule has 0 aromatic carbocycles. The zero-order valence-electron chi connectivity index (χ0n) is 12.2. The third-order valence-electron chi connectivity index (χ3n) is 4.35. The number of carbonyl (C=O) groups excluding carboxylic acids is 2. The molecule has 1 rings (SSSR count). The molecule has 0 aromatic rings. The summed E-state index contributed by atoms with van der Waals surface area (Å²) < 4.78 is 10.1. The van der Waals surface area contributed by atoms with Crippen LogP contribution in [0, 0.1) is 10.8 Å². The van der Waals surface area contributed by atoms with Crippen molar-refractivity contribution >= 4 is 11.9 Å². The Morgan fingerprint density at radius 2 is 1.78 bits per heavy atom. The molecular formula is C13H23NO4. The number of rotatable bonds is 4. The molecule has 1 fully saturated rings. The predicted molar refractivity (Wildman–Crippen MR) is 66.9 cm³/mol. The molecular weight excluding hydrogens is 234 g/mol. The van der Waals surface area contributed by atoms with Gasteiger partial charge in [0, 0.05) is 5.41 Å². The first kappa shape index (κ1) is 15.0. The van der Waals surface area contributed by atoms with Gasteiger partial charge in [0.15, 0.2) is 0 Å². The molecule has 5 heteroatoms. The maximum atomic E-state index is 11.9. The molecule has 104 valence electrons. The molecule has 1 aliphatic heterocycles. The highest BCUT2D eigenvalue weighted by atomic mass is 16.6. The second kappa shape index (κ2) is 4.53. The van der Waals surface area contributed by atoms with Crippen molar-refractivity contribution in [3.63, 3.8) is 0 Å². The van der Waals surface area contributed by atoms with E-state index in [2.05, 4.69) is 0 Å². The van der Waals surface area contributed by atoms with Crippen LogP contribution in [0.15, 0.2) is 0 Å². The molecule has 0 unspecified atom stereocenters.